The van der Waals surface area contributed by atoms with Gasteiger partial charge in [0, 0.05) is 6.54 Å². The van der Waals surface area contributed by atoms with E-state index in [-0.39, 0.29) is 0 Å². The summed E-state index contributed by atoms with van der Waals surface area (Å²) >= 11 is 0. The van der Waals surface area contributed by atoms with Gasteiger partial charge in [0.05, 0.1) is 0 Å². The van der Waals surface area contributed by atoms with Crippen LogP contribution in [0.2, 0.25) is 0 Å². The molecule has 0 aliphatic carbocycles. The average Bonchev–Trinajstić information content (AvgIpc) is 2.15. The number of hydrogen-bond donors (Lipinski definition) is 1. The average molecular weight is 162 g/mol. The van der Waals surface area contributed by atoms with Crippen LogP contribution in [0, 0.1) is 6.07 Å². The van der Waals surface area contributed by atoms with Gasteiger partial charge in [-0.05, 0) is 23.8 Å². The van der Waals surface area contributed by atoms with E-state index in [1.165, 1.54) is 0 Å². The van der Waals surface area contributed by atoms with Crippen LogP contribution in [0.1, 0.15) is 5.56 Å². The van der Waals surface area contributed by atoms with Gasteiger partial charge in [0.2, 0.25) is 0 Å². The number of benzene rings is 1. The molecule has 0 saturated heterocycles. The zero-order valence-corrected chi connectivity index (χ0v) is 6.92. The molecule has 12 heavy (non-hydrogen) atoms. The first-order valence-electron chi connectivity index (χ1n) is 3.81. The second-order valence-corrected chi connectivity index (χ2v) is 2.35. The SMILES string of the molecule is C=CCOc1c[c]c(CN)cc1. The van der Waals surface area contributed by atoms with Gasteiger partial charge < -0.3 is 10.5 Å². The minimum absolute atomic E-state index is 0.516. The van der Waals surface area contributed by atoms with Gasteiger partial charge in [-0.15, -0.1) is 0 Å². The van der Waals surface area contributed by atoms with Crippen LogP contribution in [-0.4, -0.2) is 6.61 Å². The summed E-state index contributed by atoms with van der Waals surface area (Å²) in [4.78, 5) is 0. The lowest BCUT2D eigenvalue weighted by molar-refractivity contribution is 0.363. The second kappa shape index (κ2) is 4.57. The minimum Gasteiger partial charge on any atom is -0.490 e. The molecule has 2 heteroatoms. The summed E-state index contributed by atoms with van der Waals surface area (Å²) in [5.74, 6) is 0.798. The van der Waals surface area contributed by atoms with Gasteiger partial charge in [0.15, 0.2) is 0 Å². The van der Waals surface area contributed by atoms with Gasteiger partial charge in [-0.25, -0.2) is 0 Å². The lowest BCUT2D eigenvalue weighted by atomic mass is 10.2. The van der Waals surface area contributed by atoms with Crippen molar-refractivity contribution >= 4 is 0 Å². The topological polar surface area (TPSA) is 35.2 Å². The Bertz CT molecular complexity index is 241. The highest BCUT2D eigenvalue weighted by Crippen LogP contribution is 2.10. The lowest BCUT2D eigenvalue weighted by Gasteiger charge is -2.02. The first kappa shape index (κ1) is 8.81. The zero-order valence-electron chi connectivity index (χ0n) is 6.92. The molecule has 1 aromatic carbocycles. The van der Waals surface area contributed by atoms with Crippen molar-refractivity contribution in [1.82, 2.24) is 0 Å². The van der Waals surface area contributed by atoms with Crippen LogP contribution in [0.4, 0.5) is 0 Å². The third kappa shape index (κ3) is 2.40. The van der Waals surface area contributed by atoms with Crippen LogP contribution >= 0.6 is 0 Å². The van der Waals surface area contributed by atoms with Gasteiger partial charge in [-0.1, -0.05) is 18.7 Å². The summed E-state index contributed by atoms with van der Waals surface area (Å²) in [6.07, 6.45) is 1.71. The highest BCUT2D eigenvalue weighted by atomic mass is 16.5. The van der Waals surface area contributed by atoms with Crippen LogP contribution in [-0.2, 0) is 6.54 Å². The van der Waals surface area contributed by atoms with Crippen molar-refractivity contribution in [1.29, 1.82) is 0 Å². The Morgan fingerprint density at radius 1 is 1.58 bits per heavy atom. The van der Waals surface area contributed by atoms with E-state index in [2.05, 4.69) is 12.6 Å². The summed E-state index contributed by atoms with van der Waals surface area (Å²) in [6, 6.07) is 8.57. The van der Waals surface area contributed by atoms with Crippen molar-refractivity contribution in [3.05, 3.63) is 42.5 Å². The van der Waals surface area contributed by atoms with E-state index in [0.29, 0.717) is 13.2 Å². The van der Waals surface area contributed by atoms with Crippen LogP contribution in [0.5, 0.6) is 5.75 Å². The van der Waals surface area contributed by atoms with Crippen LogP contribution in [0.25, 0.3) is 0 Å². The fraction of sp³-hybridized carbons (Fsp3) is 0.200. The van der Waals surface area contributed by atoms with E-state index in [0.717, 1.165) is 11.3 Å². The molecule has 2 N–H and O–H groups in total. The van der Waals surface area contributed by atoms with Gasteiger partial charge in [-0.2, -0.15) is 0 Å². The Hall–Kier alpha value is -1.28. The maximum absolute atomic E-state index is 5.41. The maximum Gasteiger partial charge on any atom is 0.120 e. The van der Waals surface area contributed by atoms with Gasteiger partial charge >= 0.3 is 0 Å². The van der Waals surface area contributed by atoms with Crippen molar-refractivity contribution in [3.8, 4) is 5.75 Å². The molecule has 0 saturated carbocycles. The predicted molar refractivity (Wildman–Crippen MR) is 48.9 cm³/mol. The van der Waals surface area contributed by atoms with Crippen LogP contribution in [0.15, 0.2) is 30.9 Å². The standard InChI is InChI=1S/C10H12NO/c1-2-7-12-10-5-3-9(8-11)4-6-10/h2-3,5-6H,1,7-8,11H2. The van der Waals surface area contributed by atoms with Crippen molar-refractivity contribution in [2.75, 3.05) is 6.61 Å². The summed E-state index contributed by atoms with van der Waals surface area (Å²) in [6.45, 7) is 4.59. The smallest absolute Gasteiger partial charge is 0.120 e. The Labute approximate surface area is 72.7 Å². The first-order chi connectivity index (χ1) is 5.86. The third-order valence-electron chi connectivity index (χ3n) is 1.44. The van der Waals surface area contributed by atoms with Gasteiger partial charge in [0.25, 0.3) is 0 Å². The van der Waals surface area contributed by atoms with E-state index in [1.807, 2.05) is 12.1 Å². The highest BCUT2D eigenvalue weighted by Gasteiger charge is 1.92. The molecule has 1 aromatic rings. The summed E-state index contributed by atoms with van der Waals surface area (Å²) in [5.41, 5.74) is 6.40. The summed E-state index contributed by atoms with van der Waals surface area (Å²) in [7, 11) is 0. The minimum atomic E-state index is 0.516. The number of ether oxygens (including phenoxy) is 1. The molecule has 63 valence electrons. The van der Waals surface area contributed by atoms with E-state index >= 15 is 0 Å². The molecule has 0 fully saturated rings. The molecule has 1 radical (unpaired) electrons. The number of hydrogen-bond acceptors (Lipinski definition) is 2. The van der Waals surface area contributed by atoms with Crippen LogP contribution < -0.4 is 10.5 Å². The second-order valence-electron chi connectivity index (χ2n) is 2.35. The largest absolute Gasteiger partial charge is 0.490 e. The molecular weight excluding hydrogens is 150 g/mol. The zero-order chi connectivity index (χ0) is 8.81. The monoisotopic (exact) mass is 162 g/mol. The molecule has 0 heterocycles. The van der Waals surface area contributed by atoms with Crippen LogP contribution in [0.3, 0.4) is 0 Å². The maximum atomic E-state index is 5.41. The van der Waals surface area contributed by atoms with E-state index in [1.54, 1.807) is 12.1 Å². The normalized spacial score (nSPS) is 9.42. The summed E-state index contributed by atoms with van der Waals surface area (Å²) < 4.78 is 5.26. The highest BCUT2D eigenvalue weighted by molar-refractivity contribution is 5.26. The Morgan fingerprint density at radius 3 is 2.92 bits per heavy atom. The molecule has 0 bridgehead atoms. The van der Waals surface area contributed by atoms with Crippen molar-refractivity contribution in [2.45, 2.75) is 6.54 Å². The molecule has 0 aliphatic heterocycles. The lowest BCUT2D eigenvalue weighted by Crippen LogP contribution is -1.97. The predicted octanol–water partition coefficient (Wildman–Crippen LogP) is 1.51. The molecule has 0 aliphatic rings. The molecule has 0 spiro atoms. The van der Waals surface area contributed by atoms with Gasteiger partial charge in [0.1, 0.15) is 12.4 Å². The molecule has 0 unspecified atom stereocenters. The van der Waals surface area contributed by atoms with Gasteiger partial charge in [-0.3, -0.25) is 0 Å². The van der Waals surface area contributed by atoms with E-state index in [4.69, 9.17) is 10.5 Å². The van der Waals surface area contributed by atoms with Crippen molar-refractivity contribution in [2.24, 2.45) is 5.73 Å². The fourth-order valence-electron chi connectivity index (χ4n) is 0.815. The molecule has 0 atom stereocenters. The molecule has 0 amide bonds. The molecular formula is C10H12NO. The molecule has 0 aromatic heterocycles. The quantitative estimate of drug-likeness (QED) is 0.681. The molecule has 1 rings (SSSR count). The molecule has 2 nitrogen and oxygen atoms in total. The van der Waals surface area contributed by atoms with Crippen molar-refractivity contribution < 1.29 is 4.74 Å². The van der Waals surface area contributed by atoms with Crippen molar-refractivity contribution in [3.63, 3.8) is 0 Å². The fourth-order valence-corrected chi connectivity index (χ4v) is 0.815. The summed E-state index contributed by atoms with van der Waals surface area (Å²) in [5, 5.41) is 0. The first-order valence-corrected chi connectivity index (χ1v) is 3.81. The van der Waals surface area contributed by atoms with E-state index < -0.39 is 0 Å². The Kier molecular flexibility index (Phi) is 3.35. The Morgan fingerprint density at radius 2 is 2.42 bits per heavy atom. The third-order valence-corrected chi connectivity index (χ3v) is 1.44. The number of nitrogens with two attached hydrogens (primary N) is 1. The van der Waals surface area contributed by atoms with E-state index in [9.17, 15) is 0 Å². The number of rotatable bonds is 4. The Balaban J connectivity index is 2.58.